The zero-order valence-electron chi connectivity index (χ0n) is 22.9. The van der Waals surface area contributed by atoms with Crippen molar-refractivity contribution in [2.45, 2.75) is 64.0 Å². The third kappa shape index (κ3) is 5.82. The van der Waals surface area contributed by atoms with E-state index >= 15 is 0 Å². The van der Waals surface area contributed by atoms with Gasteiger partial charge in [-0.25, -0.2) is 0 Å². The summed E-state index contributed by atoms with van der Waals surface area (Å²) in [5, 5.41) is 4.38. The molecule has 0 N–H and O–H groups in total. The van der Waals surface area contributed by atoms with Crippen molar-refractivity contribution in [2.24, 2.45) is 0 Å². The molecule has 0 aliphatic heterocycles. The molecule has 4 aromatic rings. The topological polar surface area (TPSA) is 0 Å². The highest BCUT2D eigenvalue weighted by Crippen LogP contribution is 2.28. The van der Waals surface area contributed by atoms with E-state index in [2.05, 4.69) is 158 Å². The third-order valence-corrected chi connectivity index (χ3v) is 12.7. The first-order valence-corrected chi connectivity index (χ1v) is 15.5. The van der Waals surface area contributed by atoms with E-state index in [0.717, 1.165) is 0 Å². The molecule has 0 aromatic heterocycles. The molecule has 0 aliphatic rings. The first kappa shape index (κ1) is 26.4. The van der Waals surface area contributed by atoms with Crippen molar-refractivity contribution < 1.29 is 0 Å². The molecule has 0 nitrogen and oxygen atoms in total. The Bertz CT molecular complexity index is 1190. The summed E-state index contributed by atoms with van der Waals surface area (Å²) >= 11 is 0. The molecule has 0 aliphatic carbocycles. The van der Waals surface area contributed by atoms with Crippen LogP contribution in [0.2, 0.25) is 0 Å². The van der Waals surface area contributed by atoms with E-state index < -0.39 is 8.80 Å². The van der Waals surface area contributed by atoms with Crippen molar-refractivity contribution >= 4 is 33.9 Å². The van der Waals surface area contributed by atoms with E-state index in [0.29, 0.717) is 9.52 Å². The van der Waals surface area contributed by atoms with Crippen LogP contribution in [-0.4, -0.2) is 18.3 Å². The lowest BCUT2D eigenvalue weighted by Crippen LogP contribution is -2.62. The molecule has 0 bridgehead atoms. The molecule has 36 heavy (non-hydrogen) atoms. The molecule has 183 valence electrons. The molecule has 0 saturated heterocycles. The third-order valence-electron chi connectivity index (χ3n) is 7.10. The Labute approximate surface area is 223 Å². The fourth-order valence-electron chi connectivity index (χ4n) is 4.88. The minimum Gasteiger partial charge on any atom is -0.0636 e. The summed E-state index contributed by atoms with van der Waals surface area (Å²) in [5.74, 6) is 0. The van der Waals surface area contributed by atoms with Gasteiger partial charge >= 0.3 is 0 Å². The van der Waals surface area contributed by atoms with Gasteiger partial charge in [0.05, 0.1) is 9.52 Å². The van der Waals surface area contributed by atoms with Crippen LogP contribution in [0, 0.1) is 0 Å². The van der Waals surface area contributed by atoms with Crippen LogP contribution in [0.3, 0.4) is 0 Å². The van der Waals surface area contributed by atoms with Gasteiger partial charge in [-0.2, -0.15) is 0 Å². The second-order valence-electron chi connectivity index (χ2n) is 12.0. The van der Waals surface area contributed by atoms with E-state index in [4.69, 9.17) is 0 Å². The van der Waals surface area contributed by atoms with Crippen molar-refractivity contribution in [3.63, 3.8) is 0 Å². The molecule has 0 amide bonds. The molecule has 0 spiro atoms. The number of hydrogen-bond donors (Lipinski definition) is 0. The molecule has 0 fully saturated rings. The summed E-state index contributed by atoms with van der Waals surface area (Å²) in [7, 11) is -0.522. The van der Waals surface area contributed by atoms with Gasteiger partial charge in [-0.3, -0.25) is 0 Å². The van der Waals surface area contributed by atoms with Gasteiger partial charge in [-0.05, 0) is 32.2 Å². The van der Waals surface area contributed by atoms with Gasteiger partial charge in [-0.1, -0.05) is 173 Å². The highest BCUT2D eigenvalue weighted by Gasteiger charge is 2.41. The zero-order valence-corrected chi connectivity index (χ0v) is 24.9. The second-order valence-corrected chi connectivity index (χ2v) is 17.2. The van der Waals surface area contributed by atoms with E-state index in [1.54, 1.807) is 0 Å². The average Bonchev–Trinajstić information content (AvgIpc) is 2.85. The van der Waals surface area contributed by atoms with Crippen molar-refractivity contribution in [1.82, 2.24) is 0 Å². The quantitative estimate of drug-likeness (QED) is 0.268. The lowest BCUT2D eigenvalue weighted by molar-refractivity contribution is 0.590. The average molecular weight is 504 g/mol. The Kier molecular flexibility index (Phi) is 7.59. The van der Waals surface area contributed by atoms with Crippen LogP contribution in [0.1, 0.15) is 65.2 Å². The van der Waals surface area contributed by atoms with Crippen molar-refractivity contribution in [1.29, 1.82) is 0 Å². The minimum atomic E-state index is -1.20. The van der Waals surface area contributed by atoms with E-state index in [1.807, 2.05) is 0 Å². The Balaban J connectivity index is 1.91. The Morgan fingerprint density at radius 3 is 1.22 bits per heavy atom. The summed E-state index contributed by atoms with van der Waals surface area (Å²) in [6, 6.07) is 41.4. The van der Waals surface area contributed by atoms with Crippen LogP contribution in [0.25, 0.3) is 0 Å². The zero-order chi connectivity index (χ0) is 26.0. The first-order valence-electron chi connectivity index (χ1n) is 13.0. The maximum absolute atomic E-state index is 2.51. The molecule has 4 rings (SSSR count). The molecule has 4 aromatic carbocycles. The number of rotatable bonds is 6. The molecular weight excluding hydrogens is 465 g/mol. The van der Waals surface area contributed by atoms with Crippen molar-refractivity contribution in [3.8, 4) is 0 Å². The largest absolute Gasteiger partial charge is 0.129 e. The van der Waals surface area contributed by atoms with Crippen molar-refractivity contribution in [3.05, 3.63) is 126 Å². The van der Waals surface area contributed by atoms with Crippen LogP contribution in [0.5, 0.6) is 0 Å². The predicted molar refractivity (Wildman–Crippen MR) is 161 cm³/mol. The van der Waals surface area contributed by atoms with Crippen LogP contribution in [-0.2, 0) is 15.5 Å². The maximum Gasteiger partial charge on any atom is 0.129 e. The van der Waals surface area contributed by atoms with E-state index in [-0.39, 0.29) is 15.5 Å². The first-order chi connectivity index (χ1) is 17.0. The molecule has 1 unspecified atom stereocenters. The maximum atomic E-state index is 2.51. The van der Waals surface area contributed by atoms with Gasteiger partial charge in [-0.15, -0.1) is 0 Å². The van der Waals surface area contributed by atoms with Gasteiger partial charge < -0.3 is 0 Å². The fourth-order valence-corrected chi connectivity index (χ4v) is 10.9. The van der Waals surface area contributed by atoms with Gasteiger partial charge in [0.1, 0.15) is 8.80 Å². The normalized spacial score (nSPS) is 14.0. The van der Waals surface area contributed by atoms with Gasteiger partial charge in [0.15, 0.2) is 0 Å². The monoisotopic (exact) mass is 503 g/mol. The highest BCUT2D eigenvalue weighted by molar-refractivity contribution is 6.95. The molecular formula is C34H39Si2. The summed E-state index contributed by atoms with van der Waals surface area (Å²) < 4.78 is -0.000220. The smallest absolute Gasteiger partial charge is 0.0636 e. The molecule has 1 atom stereocenters. The van der Waals surface area contributed by atoms with E-state index in [1.165, 1.54) is 32.3 Å². The molecule has 0 heterocycles. The van der Waals surface area contributed by atoms with Crippen LogP contribution in [0.4, 0.5) is 0 Å². The Morgan fingerprint density at radius 2 is 0.833 bits per heavy atom. The summed E-state index contributed by atoms with van der Waals surface area (Å²) in [6.07, 6.45) is 0. The van der Waals surface area contributed by atoms with Crippen LogP contribution >= 0.6 is 0 Å². The summed E-state index contributed by atoms with van der Waals surface area (Å²) in [4.78, 5) is 0. The Hall–Kier alpha value is -2.69. The SMILES string of the molecule is CC(C)(C)c1ccc([Si](c2ccc(C(C)(C)C)cc2)C(C)([Si]c2ccccc2)c2ccccc2)cc1. The summed E-state index contributed by atoms with van der Waals surface area (Å²) in [6.45, 7) is 16.3. The summed E-state index contributed by atoms with van der Waals surface area (Å²) in [5.41, 5.74) is 4.51. The lowest BCUT2D eigenvalue weighted by atomic mass is 9.87. The van der Waals surface area contributed by atoms with Gasteiger partial charge in [0.2, 0.25) is 0 Å². The van der Waals surface area contributed by atoms with Gasteiger partial charge in [0.25, 0.3) is 0 Å². The predicted octanol–water partition coefficient (Wildman–Crippen LogP) is 6.37. The van der Waals surface area contributed by atoms with Crippen LogP contribution in [0.15, 0.2) is 109 Å². The molecule has 0 saturated carbocycles. The second kappa shape index (κ2) is 10.4. The standard InChI is InChI=1S/C34H39Si2/c1-32(2,3)26-18-22-30(23-19-26)36(31-24-20-27(21-25-31)33(4,5)6)34(7,28-14-10-8-11-15-28)35-29-16-12-9-13-17-29/h8-25H,1-7H3. The van der Waals surface area contributed by atoms with Crippen LogP contribution < -0.4 is 15.6 Å². The number of benzene rings is 4. The fraction of sp³-hybridized carbons (Fsp3) is 0.294. The van der Waals surface area contributed by atoms with Crippen molar-refractivity contribution in [2.75, 3.05) is 0 Å². The highest BCUT2D eigenvalue weighted by atomic mass is 28.3. The minimum absolute atomic E-state index is 0.000220. The van der Waals surface area contributed by atoms with Gasteiger partial charge in [0, 0.05) is 0 Å². The van der Waals surface area contributed by atoms with E-state index in [9.17, 15) is 0 Å². The molecule has 2 heteroatoms. The number of hydrogen-bond acceptors (Lipinski definition) is 0. The molecule has 3 radical (unpaired) electrons. The Morgan fingerprint density at radius 1 is 0.444 bits per heavy atom. The lowest BCUT2D eigenvalue weighted by Gasteiger charge is -2.38.